The molecule has 2 heterocycles. The van der Waals surface area contributed by atoms with E-state index in [0.717, 1.165) is 38.6 Å². The van der Waals surface area contributed by atoms with Crippen LogP contribution in [0.4, 0.5) is 0 Å². The van der Waals surface area contributed by atoms with E-state index < -0.39 is 16.1 Å². The molecule has 0 bridgehead atoms. The fraction of sp³-hybridized carbons (Fsp3) is 0.889. The molecular weight excluding hydrogens is 354 g/mol. The van der Waals surface area contributed by atoms with Crippen LogP contribution in [0.1, 0.15) is 58.3 Å². The first-order valence-electron chi connectivity index (χ1n) is 9.88. The first kappa shape index (κ1) is 21.2. The third-order valence-corrected chi connectivity index (χ3v) is 6.71. The van der Waals surface area contributed by atoms with E-state index in [1.54, 1.807) is 4.90 Å². The van der Waals surface area contributed by atoms with Crippen LogP contribution in [-0.4, -0.2) is 67.9 Å². The summed E-state index contributed by atoms with van der Waals surface area (Å²) in [5.74, 6) is -0.0568. The molecule has 0 aliphatic carbocycles. The van der Waals surface area contributed by atoms with Crippen LogP contribution in [-0.2, 0) is 19.6 Å². The second-order valence-corrected chi connectivity index (χ2v) is 9.42. The molecule has 2 rings (SSSR count). The number of hydrogen-bond acceptors (Lipinski definition) is 4. The molecular formula is C18H33N3O4S. The normalized spacial score (nSPS) is 23.0. The second-order valence-electron chi connectivity index (χ2n) is 7.48. The van der Waals surface area contributed by atoms with Gasteiger partial charge in [0.1, 0.15) is 6.04 Å². The molecule has 0 aromatic heterocycles. The van der Waals surface area contributed by atoms with Crippen LogP contribution in [0.25, 0.3) is 0 Å². The minimum atomic E-state index is -3.38. The predicted molar refractivity (Wildman–Crippen MR) is 101 cm³/mol. The Morgan fingerprint density at radius 1 is 1.04 bits per heavy atom. The van der Waals surface area contributed by atoms with E-state index in [1.807, 2.05) is 0 Å². The number of sulfonamides is 1. The van der Waals surface area contributed by atoms with Crippen molar-refractivity contribution in [1.29, 1.82) is 0 Å². The van der Waals surface area contributed by atoms with Gasteiger partial charge in [-0.1, -0.05) is 26.2 Å². The molecule has 0 radical (unpaired) electrons. The maximum atomic E-state index is 12.8. The molecule has 2 aliphatic rings. The fourth-order valence-electron chi connectivity index (χ4n) is 3.85. The molecule has 1 unspecified atom stereocenters. The van der Waals surface area contributed by atoms with Crippen molar-refractivity contribution >= 4 is 21.8 Å². The summed E-state index contributed by atoms with van der Waals surface area (Å²) in [4.78, 5) is 26.8. The van der Waals surface area contributed by atoms with Crippen molar-refractivity contribution in [3.63, 3.8) is 0 Å². The molecule has 0 spiro atoms. The summed E-state index contributed by atoms with van der Waals surface area (Å²) in [6.45, 7) is 4.33. The average molecular weight is 388 g/mol. The van der Waals surface area contributed by atoms with Crippen molar-refractivity contribution in [3.05, 3.63) is 0 Å². The molecule has 2 saturated heterocycles. The first-order valence-corrected chi connectivity index (χ1v) is 11.7. The molecule has 0 aromatic rings. The van der Waals surface area contributed by atoms with E-state index in [2.05, 4.69) is 12.2 Å². The highest BCUT2D eigenvalue weighted by molar-refractivity contribution is 7.88. The number of likely N-dealkylation sites (tertiary alicyclic amines) is 1. The minimum absolute atomic E-state index is 0.0435. The van der Waals surface area contributed by atoms with Crippen LogP contribution in [0.5, 0.6) is 0 Å². The van der Waals surface area contributed by atoms with E-state index in [0.29, 0.717) is 38.9 Å². The zero-order chi connectivity index (χ0) is 19.2. The summed E-state index contributed by atoms with van der Waals surface area (Å²) < 4.78 is 25.3. The van der Waals surface area contributed by atoms with Gasteiger partial charge in [0.15, 0.2) is 0 Å². The summed E-state index contributed by atoms with van der Waals surface area (Å²) in [6.07, 6.45) is 7.98. The Morgan fingerprint density at radius 3 is 2.35 bits per heavy atom. The molecule has 1 atom stereocenters. The Balaban J connectivity index is 1.84. The number of carbonyl (C=O) groups is 2. The van der Waals surface area contributed by atoms with Gasteiger partial charge in [-0.15, -0.1) is 0 Å². The van der Waals surface area contributed by atoms with Crippen LogP contribution in [0, 0.1) is 5.92 Å². The van der Waals surface area contributed by atoms with Crippen molar-refractivity contribution in [1.82, 2.24) is 14.5 Å². The fourth-order valence-corrected chi connectivity index (χ4v) is 4.97. The number of nitrogens with zero attached hydrogens (tertiary/aromatic N) is 2. The predicted octanol–water partition coefficient (Wildman–Crippen LogP) is 1.35. The number of unbranched alkanes of at least 4 members (excludes halogenated alkanes) is 2. The molecule has 26 heavy (non-hydrogen) atoms. The lowest BCUT2D eigenvalue weighted by Crippen LogP contribution is -2.54. The first-order chi connectivity index (χ1) is 12.3. The highest BCUT2D eigenvalue weighted by atomic mass is 32.2. The molecule has 2 fully saturated rings. The second kappa shape index (κ2) is 9.69. The van der Waals surface area contributed by atoms with Crippen LogP contribution < -0.4 is 5.32 Å². The largest absolute Gasteiger partial charge is 0.356 e. The molecule has 2 amide bonds. The van der Waals surface area contributed by atoms with Crippen molar-refractivity contribution in [2.45, 2.75) is 64.3 Å². The maximum Gasteiger partial charge on any atom is 0.241 e. The number of rotatable bonds is 7. The monoisotopic (exact) mass is 387 g/mol. The Kier molecular flexibility index (Phi) is 7.88. The zero-order valence-electron chi connectivity index (χ0n) is 16.1. The Morgan fingerprint density at radius 2 is 1.73 bits per heavy atom. The van der Waals surface area contributed by atoms with Gasteiger partial charge in [-0.2, -0.15) is 4.31 Å². The van der Waals surface area contributed by atoms with E-state index in [1.165, 1.54) is 10.6 Å². The highest BCUT2D eigenvalue weighted by Crippen LogP contribution is 2.24. The molecule has 7 nitrogen and oxygen atoms in total. The summed E-state index contributed by atoms with van der Waals surface area (Å²) in [7, 11) is -3.38. The highest BCUT2D eigenvalue weighted by Gasteiger charge is 2.38. The summed E-state index contributed by atoms with van der Waals surface area (Å²) in [5, 5.41) is 2.99. The smallest absolute Gasteiger partial charge is 0.241 e. The van der Waals surface area contributed by atoms with Crippen LogP contribution in [0.2, 0.25) is 0 Å². The lowest BCUT2D eigenvalue weighted by atomic mass is 9.94. The Labute approximate surface area is 157 Å². The van der Waals surface area contributed by atoms with Gasteiger partial charge < -0.3 is 10.2 Å². The summed E-state index contributed by atoms with van der Waals surface area (Å²) in [5.41, 5.74) is 0. The number of nitrogens with one attached hydrogen (secondary N) is 1. The van der Waals surface area contributed by atoms with Gasteiger partial charge in [0, 0.05) is 32.1 Å². The number of piperidine rings is 2. The van der Waals surface area contributed by atoms with Crippen LogP contribution in [0.15, 0.2) is 0 Å². The molecule has 0 saturated carbocycles. The SMILES string of the molecule is CCCCCNC(=O)C1CCN(C(=O)C2CCCCN2S(C)(=O)=O)CC1. The minimum Gasteiger partial charge on any atom is -0.356 e. The standard InChI is InChI=1S/C18H33N3O4S/c1-3-4-6-11-19-17(22)15-9-13-20(14-10-15)18(23)16-8-5-7-12-21(16)26(2,24)25/h15-16H,3-14H2,1-2H3,(H,19,22). The number of amides is 2. The van der Waals surface area contributed by atoms with Gasteiger partial charge >= 0.3 is 0 Å². The molecule has 0 aromatic carbocycles. The van der Waals surface area contributed by atoms with Crippen LogP contribution >= 0.6 is 0 Å². The van der Waals surface area contributed by atoms with Crippen molar-refractivity contribution in [2.75, 3.05) is 32.4 Å². The molecule has 2 aliphatic heterocycles. The number of carbonyl (C=O) groups excluding carboxylic acids is 2. The van der Waals surface area contributed by atoms with E-state index >= 15 is 0 Å². The van der Waals surface area contributed by atoms with Crippen molar-refractivity contribution < 1.29 is 18.0 Å². The zero-order valence-corrected chi connectivity index (χ0v) is 16.9. The topological polar surface area (TPSA) is 86.8 Å². The van der Waals surface area contributed by atoms with Gasteiger partial charge in [0.2, 0.25) is 21.8 Å². The summed E-state index contributed by atoms with van der Waals surface area (Å²) >= 11 is 0. The van der Waals surface area contributed by atoms with Gasteiger partial charge in [-0.3, -0.25) is 9.59 Å². The maximum absolute atomic E-state index is 12.8. The Bertz CT molecular complexity index is 585. The molecule has 8 heteroatoms. The average Bonchev–Trinajstić information content (AvgIpc) is 2.64. The Hall–Kier alpha value is -1.15. The van der Waals surface area contributed by atoms with Crippen molar-refractivity contribution in [2.24, 2.45) is 5.92 Å². The van der Waals surface area contributed by atoms with E-state index in [-0.39, 0.29) is 17.7 Å². The summed E-state index contributed by atoms with van der Waals surface area (Å²) in [6, 6.07) is -0.571. The van der Waals surface area contributed by atoms with Gasteiger partial charge in [0.25, 0.3) is 0 Å². The lowest BCUT2D eigenvalue weighted by molar-refractivity contribution is -0.139. The third-order valence-electron chi connectivity index (χ3n) is 5.42. The number of hydrogen-bond donors (Lipinski definition) is 1. The van der Waals surface area contributed by atoms with E-state index in [9.17, 15) is 18.0 Å². The van der Waals surface area contributed by atoms with Gasteiger partial charge in [-0.25, -0.2) is 8.42 Å². The third kappa shape index (κ3) is 5.67. The lowest BCUT2D eigenvalue weighted by Gasteiger charge is -2.38. The van der Waals surface area contributed by atoms with Crippen molar-refractivity contribution in [3.8, 4) is 0 Å². The molecule has 150 valence electrons. The van der Waals surface area contributed by atoms with E-state index in [4.69, 9.17) is 0 Å². The molecule has 1 N–H and O–H groups in total. The van der Waals surface area contributed by atoms with Gasteiger partial charge in [-0.05, 0) is 32.1 Å². The quantitative estimate of drug-likeness (QED) is 0.668. The van der Waals surface area contributed by atoms with Crippen LogP contribution in [0.3, 0.4) is 0 Å². The van der Waals surface area contributed by atoms with Gasteiger partial charge in [0.05, 0.1) is 6.26 Å².